The number of ether oxygens (including phenoxy) is 7. The third kappa shape index (κ3) is 5.99. The Morgan fingerprint density at radius 2 is 1.40 bits per heavy atom. The highest BCUT2D eigenvalue weighted by Gasteiger charge is 2.89. The summed E-state index contributed by atoms with van der Waals surface area (Å²) in [6.07, 6.45) is -6.06. The molecule has 1 aliphatic heterocycles. The van der Waals surface area contributed by atoms with Gasteiger partial charge in [-0.2, -0.15) is 0 Å². The molecule has 2 aliphatic carbocycles. The first-order valence-electron chi connectivity index (χ1n) is 15.2. The third-order valence-electron chi connectivity index (χ3n) is 9.17. The molecule has 0 aromatic carbocycles. The first-order valence-corrected chi connectivity index (χ1v) is 15.2. The van der Waals surface area contributed by atoms with Crippen LogP contribution in [0, 0.1) is 17.3 Å². The quantitative estimate of drug-likeness (QED) is 0.296. The summed E-state index contributed by atoms with van der Waals surface area (Å²) in [6.45, 7) is 11.2. The Bertz CT molecular complexity index is 1410. The van der Waals surface area contributed by atoms with Crippen molar-refractivity contribution < 1.29 is 71.4 Å². The summed E-state index contributed by atoms with van der Waals surface area (Å²) in [5.41, 5.74) is -8.08. The van der Waals surface area contributed by atoms with Crippen molar-refractivity contribution in [3.8, 4) is 0 Å². The Balaban J connectivity index is 2.14. The summed E-state index contributed by atoms with van der Waals surface area (Å²) < 4.78 is 47.1. The monoisotopic (exact) mass is 666 g/mol. The van der Waals surface area contributed by atoms with Crippen molar-refractivity contribution >= 4 is 35.8 Å². The minimum absolute atomic E-state index is 0.0131. The average Bonchev–Trinajstić information content (AvgIpc) is 3.52. The second kappa shape index (κ2) is 12.6. The second-order valence-corrected chi connectivity index (χ2v) is 13.4. The molecule has 1 N–H and O–H groups in total. The van der Waals surface area contributed by atoms with E-state index < -0.39 is 113 Å². The lowest BCUT2D eigenvalue weighted by Gasteiger charge is -2.66. The fraction of sp³-hybridized carbons (Fsp3) is 0.688. The molecule has 2 bridgehead atoms. The van der Waals surface area contributed by atoms with Gasteiger partial charge in [0.15, 0.2) is 17.8 Å². The van der Waals surface area contributed by atoms with E-state index in [0.29, 0.717) is 0 Å². The maximum Gasteiger partial charge on any atom is 0.341 e. The van der Waals surface area contributed by atoms with Gasteiger partial charge >= 0.3 is 35.8 Å². The van der Waals surface area contributed by atoms with Crippen LogP contribution in [-0.2, 0) is 57.1 Å². The molecule has 2 saturated carbocycles. The summed E-state index contributed by atoms with van der Waals surface area (Å²) in [5.74, 6) is -6.89. The van der Waals surface area contributed by atoms with Crippen LogP contribution in [0.1, 0.15) is 79.1 Å². The van der Waals surface area contributed by atoms with Crippen molar-refractivity contribution in [3.63, 3.8) is 0 Å². The maximum atomic E-state index is 13.3. The van der Waals surface area contributed by atoms with Crippen LogP contribution in [0.5, 0.6) is 0 Å². The summed E-state index contributed by atoms with van der Waals surface area (Å²) >= 11 is 0. The molecule has 1 aromatic heterocycles. The molecule has 260 valence electrons. The topological polar surface area (TPSA) is 200 Å². The van der Waals surface area contributed by atoms with Gasteiger partial charge in [-0.05, 0) is 26.8 Å². The Morgan fingerprint density at radius 1 is 0.851 bits per heavy atom. The van der Waals surface area contributed by atoms with Crippen LogP contribution in [0.3, 0.4) is 0 Å². The van der Waals surface area contributed by atoms with E-state index in [9.17, 15) is 33.9 Å². The standard InChI is InChI=1S/C32H42O15/c1-15(2)27(37)41-14-31-24(43-17(4)34)21(46-28(38)20-10-11-40-13-20)12-30(9,39)32(31)25(44-18(5)35)22(29(7,8)47-32)23(42-16(3)33)26(31)45-19(6)36/h10-11,13,15,21-26,39H,12,14H2,1-9H3/t21-,22+,23+,24-,25+,26-,30-,31-,32-/m0/s1. The van der Waals surface area contributed by atoms with Crippen molar-refractivity contribution in [1.82, 2.24) is 0 Å². The van der Waals surface area contributed by atoms with Gasteiger partial charge in [-0.25, -0.2) is 4.79 Å². The molecule has 15 heteroatoms. The highest BCUT2D eigenvalue weighted by atomic mass is 16.7. The van der Waals surface area contributed by atoms with E-state index in [4.69, 9.17) is 37.6 Å². The Labute approximate surface area is 271 Å². The fourth-order valence-corrected chi connectivity index (χ4v) is 7.74. The SMILES string of the molecule is CC(=O)O[C@@H]1[C@@H]2[C@@H](OC(C)=O)[C@@]3(OC2(C)C)[C@](COC(=O)C(C)C)([C@H]1OC(C)=O)[C@@H](OC(C)=O)[C@@H](OC(=O)c1ccoc1)C[C@]3(C)O. The number of carbonyl (C=O) groups excluding carboxylic acids is 6. The molecule has 47 heavy (non-hydrogen) atoms. The molecule has 0 amide bonds. The molecule has 1 saturated heterocycles. The van der Waals surface area contributed by atoms with E-state index in [1.54, 1.807) is 27.7 Å². The van der Waals surface area contributed by atoms with Crippen molar-refractivity contribution in [2.45, 2.75) is 116 Å². The van der Waals surface area contributed by atoms with E-state index in [2.05, 4.69) is 0 Å². The molecule has 1 spiro atoms. The molecular formula is C32H42O15. The predicted octanol–water partition coefficient (Wildman–Crippen LogP) is 2.05. The first kappa shape index (κ1) is 35.9. The van der Waals surface area contributed by atoms with Gasteiger partial charge in [0.25, 0.3) is 0 Å². The number of fused-ring (bicyclic) bond motifs is 1. The highest BCUT2D eigenvalue weighted by molar-refractivity contribution is 5.89. The minimum Gasteiger partial charge on any atom is -0.472 e. The van der Waals surface area contributed by atoms with E-state index in [-0.39, 0.29) is 5.56 Å². The van der Waals surface area contributed by atoms with Gasteiger partial charge in [-0.3, -0.25) is 24.0 Å². The third-order valence-corrected chi connectivity index (χ3v) is 9.17. The van der Waals surface area contributed by atoms with Crippen LogP contribution in [-0.4, -0.2) is 94.9 Å². The zero-order valence-corrected chi connectivity index (χ0v) is 27.9. The molecule has 4 rings (SSSR count). The van der Waals surface area contributed by atoms with Crippen molar-refractivity contribution in [2.75, 3.05) is 6.61 Å². The number of furan rings is 1. The first-order chi connectivity index (χ1) is 21.7. The van der Waals surface area contributed by atoms with Gasteiger partial charge in [-0.1, -0.05) is 13.8 Å². The highest BCUT2D eigenvalue weighted by Crippen LogP contribution is 2.69. The van der Waals surface area contributed by atoms with Crippen LogP contribution >= 0.6 is 0 Å². The van der Waals surface area contributed by atoms with Gasteiger partial charge in [0.2, 0.25) is 0 Å². The summed E-state index contributed by atoms with van der Waals surface area (Å²) in [6, 6.07) is 1.33. The van der Waals surface area contributed by atoms with Gasteiger partial charge in [0.1, 0.15) is 36.6 Å². The van der Waals surface area contributed by atoms with Crippen molar-refractivity contribution in [1.29, 1.82) is 0 Å². The van der Waals surface area contributed by atoms with Crippen molar-refractivity contribution in [3.05, 3.63) is 24.2 Å². The number of hydrogen-bond acceptors (Lipinski definition) is 15. The number of aliphatic hydroxyl groups is 1. The predicted molar refractivity (Wildman–Crippen MR) is 155 cm³/mol. The zero-order chi connectivity index (χ0) is 35.3. The lowest BCUT2D eigenvalue weighted by Crippen LogP contribution is -2.85. The van der Waals surface area contributed by atoms with Gasteiger partial charge in [0, 0.05) is 34.1 Å². The Morgan fingerprint density at radius 3 is 1.91 bits per heavy atom. The number of carbonyl (C=O) groups is 6. The van der Waals surface area contributed by atoms with E-state index >= 15 is 0 Å². The van der Waals surface area contributed by atoms with E-state index in [0.717, 1.165) is 34.0 Å². The van der Waals surface area contributed by atoms with Gasteiger partial charge in [0.05, 0.1) is 34.9 Å². The maximum absolute atomic E-state index is 13.3. The molecule has 9 atom stereocenters. The molecule has 2 heterocycles. The lowest BCUT2D eigenvalue weighted by atomic mass is 9.45. The smallest absolute Gasteiger partial charge is 0.341 e. The van der Waals surface area contributed by atoms with E-state index in [1.807, 2.05) is 0 Å². The lowest BCUT2D eigenvalue weighted by molar-refractivity contribution is -0.363. The van der Waals surface area contributed by atoms with Crippen LogP contribution < -0.4 is 0 Å². The average molecular weight is 667 g/mol. The molecule has 0 unspecified atom stereocenters. The van der Waals surface area contributed by atoms with Crippen LogP contribution in [0.15, 0.2) is 23.0 Å². The largest absolute Gasteiger partial charge is 0.472 e. The summed E-state index contributed by atoms with van der Waals surface area (Å²) in [4.78, 5) is 77.7. The van der Waals surface area contributed by atoms with Crippen LogP contribution in [0.4, 0.5) is 0 Å². The number of rotatable bonds is 9. The van der Waals surface area contributed by atoms with Crippen molar-refractivity contribution in [2.24, 2.45) is 17.3 Å². The van der Waals surface area contributed by atoms with Crippen LogP contribution in [0.2, 0.25) is 0 Å². The summed E-state index contributed by atoms with van der Waals surface area (Å²) in [7, 11) is 0. The van der Waals surface area contributed by atoms with Crippen LogP contribution in [0.25, 0.3) is 0 Å². The number of hydrogen-bond donors (Lipinski definition) is 1. The summed E-state index contributed by atoms with van der Waals surface area (Å²) in [5, 5.41) is 12.6. The second-order valence-electron chi connectivity index (χ2n) is 13.4. The molecule has 0 radical (unpaired) electrons. The normalized spacial score (nSPS) is 35.2. The van der Waals surface area contributed by atoms with Gasteiger partial charge in [-0.15, -0.1) is 0 Å². The molecule has 3 aliphatic rings. The Hall–Kier alpha value is -3.98. The van der Waals surface area contributed by atoms with E-state index in [1.165, 1.54) is 19.3 Å². The zero-order valence-electron chi connectivity index (χ0n) is 27.9. The Kier molecular flexibility index (Phi) is 9.59. The molecule has 3 fully saturated rings. The number of esters is 6. The molecule has 1 aromatic rings. The fourth-order valence-electron chi connectivity index (χ4n) is 7.74. The molecule has 15 nitrogen and oxygen atoms in total. The minimum atomic E-state index is -2.26. The van der Waals surface area contributed by atoms with Gasteiger partial charge < -0.3 is 42.7 Å². The molecular weight excluding hydrogens is 624 g/mol.